The molecule has 2 aliphatic rings. The molecule has 1 aromatic heterocycles. The van der Waals surface area contributed by atoms with Gasteiger partial charge in [-0.3, -0.25) is 0 Å². The van der Waals surface area contributed by atoms with Crippen LogP contribution in [-0.2, 0) is 6.42 Å². The summed E-state index contributed by atoms with van der Waals surface area (Å²) in [5, 5.41) is 2.52. The maximum Gasteiger partial charge on any atom is 0.164 e. The third-order valence-corrected chi connectivity index (χ3v) is 8.67. The van der Waals surface area contributed by atoms with Crippen LogP contribution < -0.4 is 0 Å². The molecule has 0 fully saturated rings. The first kappa shape index (κ1) is 24.0. The Hall–Kier alpha value is -4.89. The zero-order valence-corrected chi connectivity index (χ0v) is 22.7. The summed E-state index contributed by atoms with van der Waals surface area (Å²) >= 11 is 0. The average Bonchev–Trinajstić information content (AvgIpc) is 3.41. The smallest absolute Gasteiger partial charge is 0.164 e. The maximum atomic E-state index is 5.09. The van der Waals surface area contributed by atoms with Crippen molar-refractivity contribution in [1.29, 1.82) is 0 Å². The summed E-state index contributed by atoms with van der Waals surface area (Å²) in [6, 6.07) is 40.5. The Morgan fingerprint density at radius 3 is 2.02 bits per heavy atom. The highest BCUT2D eigenvalue weighted by Crippen LogP contribution is 2.45. The van der Waals surface area contributed by atoms with Crippen LogP contribution in [0, 0.1) is 5.92 Å². The molecular formula is C38H29N3. The summed E-state index contributed by atoms with van der Waals surface area (Å²) in [7, 11) is 0. The zero-order valence-electron chi connectivity index (χ0n) is 22.7. The second-order valence-electron chi connectivity index (χ2n) is 11.2. The van der Waals surface area contributed by atoms with Crippen LogP contribution in [0.25, 0.3) is 56.1 Å². The molecule has 0 saturated carbocycles. The molecular weight excluding hydrogens is 498 g/mol. The average molecular weight is 528 g/mol. The van der Waals surface area contributed by atoms with E-state index in [-0.39, 0.29) is 0 Å². The molecule has 41 heavy (non-hydrogen) atoms. The topological polar surface area (TPSA) is 38.7 Å². The van der Waals surface area contributed by atoms with Crippen LogP contribution in [0.15, 0.2) is 127 Å². The maximum absolute atomic E-state index is 5.09. The van der Waals surface area contributed by atoms with Crippen molar-refractivity contribution in [3.63, 3.8) is 0 Å². The van der Waals surface area contributed by atoms with E-state index in [9.17, 15) is 0 Å². The zero-order chi connectivity index (χ0) is 27.2. The molecule has 8 rings (SSSR count). The molecule has 0 N–H and O–H groups in total. The number of fused-ring (bicyclic) bond motifs is 4. The fourth-order valence-corrected chi connectivity index (χ4v) is 6.64. The van der Waals surface area contributed by atoms with Crippen molar-refractivity contribution >= 4 is 10.8 Å². The molecule has 0 amide bonds. The van der Waals surface area contributed by atoms with E-state index >= 15 is 0 Å². The first-order valence-corrected chi connectivity index (χ1v) is 14.5. The van der Waals surface area contributed by atoms with Crippen LogP contribution in [0.2, 0.25) is 0 Å². The van der Waals surface area contributed by atoms with Gasteiger partial charge in [0.25, 0.3) is 0 Å². The van der Waals surface area contributed by atoms with Gasteiger partial charge in [-0.25, -0.2) is 15.0 Å². The summed E-state index contributed by atoms with van der Waals surface area (Å²) in [6.07, 6.45) is 8.47. The number of rotatable bonds is 4. The molecule has 0 aliphatic heterocycles. The normalized spacial score (nSPS) is 17.4. The second kappa shape index (κ2) is 9.94. The Morgan fingerprint density at radius 2 is 1.22 bits per heavy atom. The Balaban J connectivity index is 1.28. The van der Waals surface area contributed by atoms with Crippen molar-refractivity contribution in [3.05, 3.63) is 139 Å². The number of hydrogen-bond donors (Lipinski definition) is 0. The first-order chi connectivity index (χ1) is 20.3. The molecule has 0 bridgehead atoms. The molecule has 5 aromatic carbocycles. The molecule has 3 nitrogen and oxygen atoms in total. The highest BCUT2D eigenvalue weighted by Gasteiger charge is 2.32. The Morgan fingerprint density at radius 1 is 0.537 bits per heavy atom. The van der Waals surface area contributed by atoms with Crippen molar-refractivity contribution < 1.29 is 0 Å². The van der Waals surface area contributed by atoms with Crippen LogP contribution in [-0.4, -0.2) is 15.0 Å². The van der Waals surface area contributed by atoms with Crippen molar-refractivity contribution in [1.82, 2.24) is 15.0 Å². The largest absolute Gasteiger partial charge is 0.208 e. The van der Waals surface area contributed by atoms with E-state index in [4.69, 9.17) is 15.0 Å². The van der Waals surface area contributed by atoms with Crippen molar-refractivity contribution in [2.75, 3.05) is 0 Å². The van der Waals surface area contributed by atoms with Gasteiger partial charge in [-0.15, -0.1) is 0 Å². The number of nitrogens with zero attached hydrogens (tertiary/aromatic N) is 3. The van der Waals surface area contributed by atoms with Gasteiger partial charge in [0.15, 0.2) is 17.5 Å². The minimum absolute atomic E-state index is 0.576. The molecule has 6 aromatic rings. The SMILES string of the molecule is C1=CC2c3cc4ccc(-c5nc(-c6ccccc6)nc(-c6ccccc6-c6ccccc6)n5)cc4cc3CC2CC1. The van der Waals surface area contributed by atoms with Gasteiger partial charge in [-0.2, -0.15) is 0 Å². The van der Waals surface area contributed by atoms with E-state index in [0.717, 1.165) is 33.7 Å². The van der Waals surface area contributed by atoms with E-state index in [2.05, 4.69) is 103 Å². The quantitative estimate of drug-likeness (QED) is 0.214. The Labute approximate surface area is 240 Å². The van der Waals surface area contributed by atoms with E-state index < -0.39 is 0 Å². The number of hydrogen-bond acceptors (Lipinski definition) is 3. The van der Waals surface area contributed by atoms with E-state index in [1.54, 1.807) is 0 Å². The molecule has 1 heterocycles. The minimum atomic E-state index is 0.576. The Bertz CT molecular complexity index is 1930. The fraction of sp³-hybridized carbons (Fsp3) is 0.132. The lowest BCUT2D eigenvalue weighted by atomic mass is 9.84. The van der Waals surface area contributed by atoms with Gasteiger partial charge in [-0.1, -0.05) is 121 Å². The highest BCUT2D eigenvalue weighted by molar-refractivity contribution is 5.89. The first-order valence-electron chi connectivity index (χ1n) is 14.5. The molecule has 0 radical (unpaired) electrons. The van der Waals surface area contributed by atoms with Crippen LogP contribution in [0.1, 0.15) is 29.9 Å². The van der Waals surface area contributed by atoms with Crippen LogP contribution in [0.3, 0.4) is 0 Å². The predicted octanol–water partition coefficient (Wildman–Crippen LogP) is 9.30. The van der Waals surface area contributed by atoms with Crippen molar-refractivity contribution in [2.24, 2.45) is 5.92 Å². The summed E-state index contributed by atoms with van der Waals surface area (Å²) in [6.45, 7) is 0. The van der Waals surface area contributed by atoms with Crippen molar-refractivity contribution in [2.45, 2.75) is 25.2 Å². The monoisotopic (exact) mass is 527 g/mol. The Kier molecular flexibility index (Phi) is 5.81. The van der Waals surface area contributed by atoms with Crippen molar-refractivity contribution in [3.8, 4) is 45.3 Å². The molecule has 0 saturated heterocycles. The minimum Gasteiger partial charge on any atom is -0.208 e. The van der Waals surface area contributed by atoms with Crippen LogP contribution >= 0.6 is 0 Å². The van der Waals surface area contributed by atoms with Gasteiger partial charge in [0.05, 0.1) is 0 Å². The summed E-state index contributed by atoms with van der Waals surface area (Å²) in [4.78, 5) is 15.1. The summed E-state index contributed by atoms with van der Waals surface area (Å²) < 4.78 is 0. The van der Waals surface area contributed by atoms with Gasteiger partial charge < -0.3 is 0 Å². The number of allylic oxidation sites excluding steroid dienone is 2. The number of benzene rings is 5. The van der Waals surface area contributed by atoms with Gasteiger partial charge in [-0.05, 0) is 64.3 Å². The van der Waals surface area contributed by atoms with E-state index in [0.29, 0.717) is 23.4 Å². The molecule has 0 spiro atoms. The molecule has 196 valence electrons. The molecule has 2 atom stereocenters. The summed E-state index contributed by atoms with van der Waals surface area (Å²) in [5.74, 6) is 3.37. The third kappa shape index (κ3) is 4.35. The fourth-order valence-electron chi connectivity index (χ4n) is 6.64. The third-order valence-electron chi connectivity index (χ3n) is 8.67. The lowest BCUT2D eigenvalue weighted by molar-refractivity contribution is 0.461. The van der Waals surface area contributed by atoms with E-state index in [1.807, 2.05) is 24.3 Å². The molecule has 3 heteroatoms. The van der Waals surface area contributed by atoms with Gasteiger partial charge in [0, 0.05) is 22.6 Å². The lowest BCUT2D eigenvalue weighted by Crippen LogP contribution is -2.08. The molecule has 2 aliphatic carbocycles. The molecule has 2 unspecified atom stereocenters. The number of aromatic nitrogens is 3. The summed E-state index contributed by atoms with van der Waals surface area (Å²) in [5.41, 5.74) is 8.23. The van der Waals surface area contributed by atoms with Gasteiger partial charge in [0.2, 0.25) is 0 Å². The van der Waals surface area contributed by atoms with Gasteiger partial charge >= 0.3 is 0 Å². The highest BCUT2D eigenvalue weighted by atomic mass is 15.0. The predicted molar refractivity (Wildman–Crippen MR) is 167 cm³/mol. The second-order valence-corrected chi connectivity index (χ2v) is 11.2. The van der Waals surface area contributed by atoms with E-state index in [1.165, 1.54) is 41.2 Å². The van der Waals surface area contributed by atoms with Crippen LogP contribution in [0.4, 0.5) is 0 Å². The van der Waals surface area contributed by atoms with Gasteiger partial charge in [0.1, 0.15) is 0 Å². The lowest BCUT2D eigenvalue weighted by Gasteiger charge is -2.20. The standard InChI is InChI=1S/C38H29N3/c1-3-11-25(12-4-1)32-16-9-10-18-34(32)38-40-36(26-13-5-2-6-14-26)39-37(41-38)29-20-19-27-24-35-31(23-30(27)22-29)21-28-15-7-8-17-33(28)35/h1-6,8-14,16-20,22-24,28,33H,7,15,21H2. The van der Waals surface area contributed by atoms with Crippen LogP contribution in [0.5, 0.6) is 0 Å².